The Morgan fingerprint density at radius 2 is 1.68 bits per heavy atom. The molecule has 0 saturated carbocycles. The molecule has 0 N–H and O–H groups in total. The minimum atomic E-state index is -6.09. The van der Waals surface area contributed by atoms with Crippen LogP contribution in [0.5, 0.6) is 0 Å². The summed E-state index contributed by atoms with van der Waals surface area (Å²) in [6, 6.07) is 8.92. The van der Waals surface area contributed by atoms with Crippen LogP contribution in [-0.2, 0) is 21.9 Å². The van der Waals surface area contributed by atoms with Crippen LogP contribution in [0.15, 0.2) is 24.3 Å². The molecule has 1 aromatic carbocycles. The van der Waals surface area contributed by atoms with Crippen molar-refractivity contribution in [1.29, 1.82) is 0 Å². The summed E-state index contributed by atoms with van der Waals surface area (Å²) in [6.45, 7) is 0. The summed E-state index contributed by atoms with van der Waals surface area (Å²) >= 11 is -0.209. The van der Waals surface area contributed by atoms with Crippen LogP contribution in [0.1, 0.15) is 11.1 Å². The second kappa shape index (κ2) is 6.26. The maximum Gasteiger partial charge on any atom is 0.485 e. The van der Waals surface area contributed by atoms with Crippen LogP contribution in [-0.4, -0.2) is 32.4 Å². The number of hydrogen-bond acceptors (Lipinski definition) is 3. The Balaban J connectivity index is 0.000000203. The summed E-state index contributed by atoms with van der Waals surface area (Å²) in [7, 11) is -6.09. The number of aryl methyl sites for hydroxylation is 1. The molecule has 8 heteroatoms. The third kappa shape index (κ3) is 5.14. The molecule has 1 atom stereocenters. The van der Waals surface area contributed by atoms with Crippen LogP contribution in [0.25, 0.3) is 0 Å². The van der Waals surface area contributed by atoms with Crippen LogP contribution >= 0.6 is 0 Å². The van der Waals surface area contributed by atoms with Gasteiger partial charge in [-0.3, -0.25) is 0 Å². The topological polar surface area (TPSA) is 57.2 Å². The van der Waals surface area contributed by atoms with Crippen molar-refractivity contribution in [2.24, 2.45) is 0 Å². The van der Waals surface area contributed by atoms with Gasteiger partial charge in [-0.15, -0.1) is 0 Å². The minimum Gasteiger partial charge on any atom is -0.741 e. The van der Waals surface area contributed by atoms with Gasteiger partial charge in [0.1, 0.15) is 0 Å². The van der Waals surface area contributed by atoms with Gasteiger partial charge in [-0.1, -0.05) is 0 Å². The molecule has 0 aliphatic carbocycles. The van der Waals surface area contributed by atoms with Crippen molar-refractivity contribution in [3.05, 3.63) is 35.4 Å². The van der Waals surface area contributed by atoms with E-state index in [1.807, 2.05) is 0 Å². The van der Waals surface area contributed by atoms with Crippen molar-refractivity contribution < 1.29 is 26.1 Å². The molecule has 1 heterocycles. The predicted molar refractivity (Wildman–Crippen MR) is 66.0 cm³/mol. The first-order valence-electron chi connectivity index (χ1n) is 5.29. The standard InChI is InChI=1S/C10H13Se.CHF3O3S/c1-11-7-6-9-4-2-3-5-10(9)8-11;2-1(3,4)8(5,6)7/h2-5H,6-8H2,1H3;(H,5,6,7)/q+1;/p-1. The van der Waals surface area contributed by atoms with Gasteiger partial charge in [-0.25, -0.2) is 8.42 Å². The molecular formula is C11H13F3O3SSe. The zero-order valence-electron chi connectivity index (χ0n) is 10.1. The summed E-state index contributed by atoms with van der Waals surface area (Å²) in [5.41, 5.74) is -2.41. The average Bonchev–Trinajstić information content (AvgIpc) is 2.27. The normalized spacial score (nSPS) is 19.1. The fraction of sp³-hybridized carbons (Fsp3) is 0.455. The Morgan fingerprint density at radius 1 is 1.21 bits per heavy atom. The first-order valence-corrected chi connectivity index (χ1v) is 10.8. The molecule has 1 unspecified atom stereocenters. The van der Waals surface area contributed by atoms with E-state index in [0.29, 0.717) is 0 Å². The largest absolute Gasteiger partial charge is 0.741 e. The van der Waals surface area contributed by atoms with Crippen molar-refractivity contribution >= 4 is 24.0 Å². The second-order valence-corrected chi connectivity index (χ2v) is 10.2. The maximum absolute atomic E-state index is 10.7. The molecule has 2 rings (SSSR count). The van der Waals surface area contributed by atoms with Gasteiger partial charge in [0.05, 0.1) is 0 Å². The van der Waals surface area contributed by atoms with Gasteiger partial charge in [0.25, 0.3) is 0 Å². The molecule has 1 aliphatic rings. The Kier molecular flexibility index (Phi) is 5.43. The molecule has 0 spiro atoms. The Morgan fingerprint density at radius 3 is 2.16 bits per heavy atom. The summed E-state index contributed by atoms with van der Waals surface area (Å²) in [6.07, 6.45) is 1.34. The second-order valence-electron chi connectivity index (χ2n) is 4.05. The van der Waals surface area contributed by atoms with Gasteiger partial charge in [0.2, 0.25) is 0 Å². The van der Waals surface area contributed by atoms with E-state index in [2.05, 4.69) is 30.1 Å². The Hall–Kier alpha value is -0.561. The van der Waals surface area contributed by atoms with Crippen LogP contribution in [0.2, 0.25) is 11.1 Å². The summed E-state index contributed by atoms with van der Waals surface area (Å²) in [5.74, 6) is 2.47. The van der Waals surface area contributed by atoms with Crippen LogP contribution in [0.4, 0.5) is 13.2 Å². The number of hydrogen-bond donors (Lipinski definition) is 0. The summed E-state index contributed by atoms with van der Waals surface area (Å²) < 4.78 is 58.9. The first kappa shape index (κ1) is 16.5. The smallest absolute Gasteiger partial charge is 0.485 e. The van der Waals surface area contributed by atoms with Gasteiger partial charge in [0.15, 0.2) is 10.1 Å². The molecule has 1 aromatic rings. The zero-order chi connectivity index (χ0) is 14.7. The van der Waals surface area contributed by atoms with E-state index >= 15 is 0 Å². The van der Waals surface area contributed by atoms with E-state index < -0.39 is 15.6 Å². The third-order valence-electron chi connectivity index (χ3n) is 2.52. The summed E-state index contributed by atoms with van der Waals surface area (Å²) in [5, 5.41) is 2.91. The molecular weight excluding hydrogens is 348 g/mol. The van der Waals surface area contributed by atoms with Crippen LogP contribution in [0.3, 0.4) is 0 Å². The van der Waals surface area contributed by atoms with Gasteiger partial charge in [-0.05, 0) is 0 Å². The van der Waals surface area contributed by atoms with E-state index in [-0.39, 0.29) is 13.9 Å². The molecule has 1 aliphatic heterocycles. The fourth-order valence-corrected chi connectivity index (χ4v) is 4.76. The van der Waals surface area contributed by atoms with E-state index in [4.69, 9.17) is 13.0 Å². The first-order chi connectivity index (χ1) is 8.61. The van der Waals surface area contributed by atoms with Crippen molar-refractivity contribution in [2.45, 2.75) is 28.4 Å². The minimum absolute atomic E-state index is 0.209. The molecule has 0 bridgehead atoms. The number of alkyl halides is 3. The molecule has 3 nitrogen and oxygen atoms in total. The predicted octanol–water partition coefficient (Wildman–Crippen LogP) is 2.50. The van der Waals surface area contributed by atoms with E-state index in [1.165, 1.54) is 17.1 Å². The van der Waals surface area contributed by atoms with Crippen molar-refractivity contribution in [1.82, 2.24) is 0 Å². The van der Waals surface area contributed by atoms with Crippen molar-refractivity contribution in [3.63, 3.8) is 0 Å². The van der Waals surface area contributed by atoms with E-state index in [1.54, 1.807) is 11.1 Å². The molecule has 0 amide bonds. The Labute approximate surface area is 114 Å². The van der Waals surface area contributed by atoms with Crippen molar-refractivity contribution in [3.8, 4) is 0 Å². The van der Waals surface area contributed by atoms with Crippen molar-refractivity contribution in [2.75, 3.05) is 0 Å². The average molecular weight is 361 g/mol. The van der Waals surface area contributed by atoms with Gasteiger partial charge < -0.3 is 4.55 Å². The molecule has 19 heavy (non-hydrogen) atoms. The molecule has 0 saturated heterocycles. The number of rotatable bonds is 0. The SMILES string of the molecule is C[Se+]1CCc2ccccc2C1.O=S(=O)([O-])C(F)(F)F. The van der Waals surface area contributed by atoms with Gasteiger partial charge in [0, 0.05) is 0 Å². The number of halogens is 3. The third-order valence-corrected chi connectivity index (χ3v) is 6.67. The quantitative estimate of drug-likeness (QED) is 0.405. The number of benzene rings is 1. The van der Waals surface area contributed by atoms with Gasteiger partial charge >= 0.3 is 77.7 Å². The van der Waals surface area contributed by atoms with Crippen LogP contribution < -0.4 is 0 Å². The van der Waals surface area contributed by atoms with E-state index in [9.17, 15) is 13.2 Å². The fourth-order valence-electron chi connectivity index (χ4n) is 1.56. The zero-order valence-corrected chi connectivity index (χ0v) is 12.6. The Bertz CT molecular complexity index is 528. The summed E-state index contributed by atoms with van der Waals surface area (Å²) in [4.78, 5) is 0. The molecule has 0 radical (unpaired) electrons. The van der Waals surface area contributed by atoms with E-state index in [0.717, 1.165) is 0 Å². The monoisotopic (exact) mass is 362 g/mol. The van der Waals surface area contributed by atoms with Crippen LogP contribution in [0, 0.1) is 0 Å². The molecule has 0 aromatic heterocycles. The maximum atomic E-state index is 10.7. The molecule has 108 valence electrons. The van der Waals surface area contributed by atoms with Gasteiger partial charge in [-0.2, -0.15) is 13.2 Å². The number of fused-ring (bicyclic) bond motifs is 1. The molecule has 0 fully saturated rings.